The fraction of sp³-hybridized carbons (Fsp3) is 1.00. The first kappa shape index (κ1) is 14.3. The zero-order valence-electron chi connectivity index (χ0n) is 12.5. The van der Waals surface area contributed by atoms with Crippen LogP contribution in [0.5, 0.6) is 0 Å². The van der Waals surface area contributed by atoms with E-state index in [1.54, 1.807) is 0 Å². The average Bonchev–Trinajstić information content (AvgIpc) is 2.82. The van der Waals surface area contributed by atoms with Crippen LogP contribution < -0.4 is 5.32 Å². The highest BCUT2D eigenvalue weighted by Gasteiger charge is 2.25. The van der Waals surface area contributed by atoms with Crippen molar-refractivity contribution in [1.82, 2.24) is 15.1 Å². The second kappa shape index (κ2) is 6.36. The van der Waals surface area contributed by atoms with E-state index in [2.05, 4.69) is 35.9 Å². The van der Waals surface area contributed by atoms with Crippen molar-refractivity contribution < 1.29 is 0 Å². The highest BCUT2D eigenvalue weighted by atomic mass is 15.3. The third-order valence-electron chi connectivity index (χ3n) is 4.57. The van der Waals surface area contributed by atoms with Crippen LogP contribution in [0.4, 0.5) is 0 Å². The van der Waals surface area contributed by atoms with Crippen LogP contribution in [0.1, 0.15) is 40.0 Å². The predicted octanol–water partition coefficient (Wildman–Crippen LogP) is 1.79. The summed E-state index contributed by atoms with van der Waals surface area (Å²) in [4.78, 5) is 5.27. The van der Waals surface area contributed by atoms with Crippen molar-refractivity contribution in [3.63, 3.8) is 0 Å². The van der Waals surface area contributed by atoms with Crippen molar-refractivity contribution >= 4 is 0 Å². The first-order valence-electron chi connectivity index (χ1n) is 7.74. The topological polar surface area (TPSA) is 18.5 Å². The Kier molecular flexibility index (Phi) is 5.05. The summed E-state index contributed by atoms with van der Waals surface area (Å²) in [7, 11) is 0. The molecule has 1 unspecified atom stereocenters. The molecule has 3 nitrogen and oxygen atoms in total. The van der Waals surface area contributed by atoms with Gasteiger partial charge in [0.25, 0.3) is 0 Å². The quantitative estimate of drug-likeness (QED) is 0.824. The van der Waals surface area contributed by atoms with Gasteiger partial charge in [-0.15, -0.1) is 0 Å². The minimum Gasteiger partial charge on any atom is -0.316 e. The molecule has 1 atom stereocenters. The molecule has 106 valence electrons. The smallest absolute Gasteiger partial charge is 0.0126 e. The van der Waals surface area contributed by atoms with E-state index < -0.39 is 0 Å². The maximum absolute atomic E-state index is 3.46. The number of hydrogen-bond acceptors (Lipinski definition) is 3. The van der Waals surface area contributed by atoms with Gasteiger partial charge in [-0.1, -0.05) is 0 Å². The molecule has 2 fully saturated rings. The van der Waals surface area contributed by atoms with Gasteiger partial charge in [0, 0.05) is 31.7 Å². The van der Waals surface area contributed by atoms with E-state index in [0.29, 0.717) is 5.54 Å². The van der Waals surface area contributed by atoms with Crippen LogP contribution >= 0.6 is 0 Å². The molecule has 0 aromatic heterocycles. The van der Waals surface area contributed by atoms with Gasteiger partial charge >= 0.3 is 0 Å². The maximum atomic E-state index is 3.46. The summed E-state index contributed by atoms with van der Waals surface area (Å²) in [6.07, 6.45) is 4.21. The Balaban J connectivity index is 1.58. The Hall–Kier alpha value is -0.120. The molecule has 0 radical (unpaired) electrons. The largest absolute Gasteiger partial charge is 0.316 e. The van der Waals surface area contributed by atoms with Crippen molar-refractivity contribution in [1.29, 1.82) is 0 Å². The van der Waals surface area contributed by atoms with E-state index in [4.69, 9.17) is 0 Å². The van der Waals surface area contributed by atoms with Crippen LogP contribution in [0.15, 0.2) is 0 Å². The normalized spacial score (nSPS) is 27.8. The van der Waals surface area contributed by atoms with Gasteiger partial charge in [-0.3, -0.25) is 4.90 Å². The lowest BCUT2D eigenvalue weighted by molar-refractivity contribution is 0.0612. The molecule has 2 heterocycles. The summed E-state index contributed by atoms with van der Waals surface area (Å²) in [6, 6.07) is 0. The molecule has 2 saturated heterocycles. The summed E-state index contributed by atoms with van der Waals surface area (Å²) < 4.78 is 0. The number of hydrogen-bond donors (Lipinski definition) is 1. The van der Waals surface area contributed by atoms with Gasteiger partial charge in [0.1, 0.15) is 0 Å². The fourth-order valence-electron chi connectivity index (χ4n) is 3.21. The Bertz CT molecular complexity index is 233. The van der Waals surface area contributed by atoms with Crippen molar-refractivity contribution in [2.45, 2.75) is 45.6 Å². The minimum atomic E-state index is 0.349. The highest BCUT2D eigenvalue weighted by molar-refractivity contribution is 4.82. The number of piperazine rings is 1. The lowest BCUT2D eigenvalue weighted by Crippen LogP contribution is -2.53. The number of nitrogens with one attached hydrogen (secondary N) is 1. The molecular formula is C15H31N3. The van der Waals surface area contributed by atoms with Crippen LogP contribution in [-0.2, 0) is 0 Å². The standard InChI is InChI=1S/C15H31N3/c1-15(2,3)18-11-9-17(10-12-18)8-4-5-14-6-7-16-13-14/h14,16H,4-13H2,1-3H3. The van der Waals surface area contributed by atoms with Crippen molar-refractivity contribution in [3.8, 4) is 0 Å². The first-order chi connectivity index (χ1) is 8.55. The van der Waals surface area contributed by atoms with Crippen molar-refractivity contribution in [2.75, 3.05) is 45.8 Å². The zero-order chi connectivity index (χ0) is 13.0. The molecule has 2 rings (SSSR count). The van der Waals surface area contributed by atoms with E-state index in [1.165, 1.54) is 65.1 Å². The monoisotopic (exact) mass is 253 g/mol. The highest BCUT2D eigenvalue weighted by Crippen LogP contribution is 2.17. The molecule has 2 aliphatic rings. The molecule has 0 spiro atoms. The summed E-state index contributed by atoms with van der Waals surface area (Å²) in [6.45, 7) is 15.8. The van der Waals surface area contributed by atoms with Gasteiger partial charge in [0.15, 0.2) is 0 Å². The third-order valence-corrected chi connectivity index (χ3v) is 4.57. The van der Waals surface area contributed by atoms with Gasteiger partial charge in [-0.05, 0) is 65.6 Å². The maximum Gasteiger partial charge on any atom is 0.0126 e. The van der Waals surface area contributed by atoms with E-state index in [0.717, 1.165) is 5.92 Å². The SMILES string of the molecule is CC(C)(C)N1CCN(CCCC2CCNC2)CC1. The van der Waals surface area contributed by atoms with E-state index in [9.17, 15) is 0 Å². The Labute approximate surface area is 113 Å². The molecule has 0 aromatic rings. The van der Waals surface area contributed by atoms with E-state index >= 15 is 0 Å². The Morgan fingerprint density at radius 3 is 2.39 bits per heavy atom. The zero-order valence-corrected chi connectivity index (χ0v) is 12.5. The molecule has 0 aliphatic carbocycles. The summed E-state index contributed by atoms with van der Waals surface area (Å²) in [5, 5.41) is 3.46. The second-order valence-electron chi connectivity index (χ2n) is 7.00. The van der Waals surface area contributed by atoms with Gasteiger partial charge in [-0.25, -0.2) is 0 Å². The van der Waals surface area contributed by atoms with Gasteiger partial charge in [0.2, 0.25) is 0 Å². The lowest BCUT2D eigenvalue weighted by atomic mass is 10.0. The molecule has 0 amide bonds. The van der Waals surface area contributed by atoms with Gasteiger partial charge in [-0.2, -0.15) is 0 Å². The molecule has 1 N–H and O–H groups in total. The van der Waals surface area contributed by atoms with Gasteiger partial charge < -0.3 is 10.2 Å². The molecule has 0 aromatic carbocycles. The van der Waals surface area contributed by atoms with Crippen LogP contribution in [0, 0.1) is 5.92 Å². The summed E-state index contributed by atoms with van der Waals surface area (Å²) >= 11 is 0. The molecule has 3 heteroatoms. The molecule has 18 heavy (non-hydrogen) atoms. The third kappa shape index (κ3) is 4.22. The number of rotatable bonds is 4. The summed E-state index contributed by atoms with van der Waals surface area (Å²) in [5.41, 5.74) is 0.349. The lowest BCUT2D eigenvalue weighted by Gasteiger charge is -2.42. The molecule has 2 aliphatic heterocycles. The first-order valence-corrected chi connectivity index (χ1v) is 7.74. The van der Waals surface area contributed by atoms with Crippen LogP contribution in [0.3, 0.4) is 0 Å². The molecule has 0 bridgehead atoms. The second-order valence-corrected chi connectivity index (χ2v) is 7.00. The van der Waals surface area contributed by atoms with E-state index in [1.807, 2.05) is 0 Å². The number of nitrogens with zero attached hydrogens (tertiary/aromatic N) is 2. The van der Waals surface area contributed by atoms with Crippen LogP contribution in [-0.4, -0.2) is 61.2 Å². The summed E-state index contributed by atoms with van der Waals surface area (Å²) in [5.74, 6) is 0.959. The predicted molar refractivity (Wildman–Crippen MR) is 78.0 cm³/mol. The van der Waals surface area contributed by atoms with Crippen LogP contribution in [0.2, 0.25) is 0 Å². The molecule has 0 saturated carbocycles. The Morgan fingerprint density at radius 2 is 1.83 bits per heavy atom. The molecular weight excluding hydrogens is 222 g/mol. The Morgan fingerprint density at radius 1 is 1.11 bits per heavy atom. The van der Waals surface area contributed by atoms with Gasteiger partial charge in [0.05, 0.1) is 0 Å². The van der Waals surface area contributed by atoms with E-state index in [-0.39, 0.29) is 0 Å². The van der Waals surface area contributed by atoms with Crippen LogP contribution in [0.25, 0.3) is 0 Å². The fourth-order valence-corrected chi connectivity index (χ4v) is 3.21. The van der Waals surface area contributed by atoms with Crippen molar-refractivity contribution in [3.05, 3.63) is 0 Å². The average molecular weight is 253 g/mol. The minimum absolute atomic E-state index is 0.349. The van der Waals surface area contributed by atoms with Crippen molar-refractivity contribution in [2.24, 2.45) is 5.92 Å².